The molecule has 0 aliphatic rings. The van der Waals surface area contributed by atoms with Crippen molar-refractivity contribution in [2.24, 2.45) is 0 Å². The van der Waals surface area contributed by atoms with Crippen molar-refractivity contribution in [1.82, 2.24) is 4.90 Å². The normalized spacial score (nSPS) is 13.1. The fourth-order valence-electron chi connectivity index (χ4n) is 4.48. The van der Waals surface area contributed by atoms with Crippen molar-refractivity contribution in [3.05, 3.63) is 131 Å². The molecule has 2 atom stereocenters. The summed E-state index contributed by atoms with van der Waals surface area (Å²) in [7, 11) is 0. The molecular formula is C30H30ClNO. The zero-order chi connectivity index (χ0) is 23.0. The van der Waals surface area contributed by atoms with E-state index in [1.165, 1.54) is 5.56 Å². The summed E-state index contributed by atoms with van der Waals surface area (Å²) in [6.07, 6.45) is -0.584. The zero-order valence-corrected chi connectivity index (χ0v) is 19.7. The van der Waals surface area contributed by atoms with Crippen molar-refractivity contribution in [3.8, 4) is 11.1 Å². The van der Waals surface area contributed by atoms with Crippen molar-refractivity contribution in [1.29, 1.82) is 0 Å². The van der Waals surface area contributed by atoms with Crippen LogP contribution < -0.4 is 0 Å². The number of hydrogen-bond donors (Lipinski definition) is 1. The minimum Gasteiger partial charge on any atom is -0.391 e. The average Bonchev–Trinajstić information content (AvgIpc) is 2.86. The molecule has 0 aromatic heterocycles. The number of aliphatic hydroxyl groups is 1. The molecule has 0 saturated heterocycles. The molecular weight excluding hydrogens is 426 g/mol. The number of likely N-dealkylation sites (N-methyl/N-ethyl adjacent to an activating group) is 1. The van der Waals surface area contributed by atoms with Gasteiger partial charge in [-0.3, -0.25) is 4.90 Å². The van der Waals surface area contributed by atoms with Crippen LogP contribution in [0.1, 0.15) is 29.5 Å². The van der Waals surface area contributed by atoms with Gasteiger partial charge >= 0.3 is 0 Å². The van der Waals surface area contributed by atoms with Gasteiger partial charge in [-0.25, -0.2) is 0 Å². The van der Waals surface area contributed by atoms with Crippen LogP contribution in [0.4, 0.5) is 0 Å². The number of benzene rings is 4. The van der Waals surface area contributed by atoms with Crippen molar-refractivity contribution in [2.75, 3.05) is 13.1 Å². The second-order valence-corrected chi connectivity index (χ2v) is 8.74. The second kappa shape index (κ2) is 11.3. The minimum absolute atomic E-state index is 0.177. The molecule has 2 nitrogen and oxygen atoms in total. The quantitative estimate of drug-likeness (QED) is 0.293. The summed E-state index contributed by atoms with van der Waals surface area (Å²) in [6.45, 7) is 4.38. The van der Waals surface area contributed by atoms with Gasteiger partial charge in [-0.1, -0.05) is 122 Å². The molecule has 0 bridgehead atoms. The van der Waals surface area contributed by atoms with E-state index in [1.807, 2.05) is 60.7 Å². The van der Waals surface area contributed by atoms with Crippen LogP contribution in [0.3, 0.4) is 0 Å². The highest BCUT2D eigenvalue weighted by atomic mass is 35.5. The summed E-state index contributed by atoms with van der Waals surface area (Å²) in [6, 6.07) is 36.9. The molecule has 0 amide bonds. The molecule has 4 aromatic rings. The van der Waals surface area contributed by atoms with Crippen LogP contribution in [0.5, 0.6) is 0 Å². The van der Waals surface area contributed by atoms with Gasteiger partial charge in [0.05, 0.1) is 6.10 Å². The molecule has 4 aromatic carbocycles. The number of rotatable bonds is 9. The molecule has 1 N–H and O–H groups in total. The Morgan fingerprint density at radius 2 is 1.30 bits per heavy atom. The maximum absolute atomic E-state index is 11.7. The van der Waals surface area contributed by atoms with Crippen molar-refractivity contribution in [3.63, 3.8) is 0 Å². The molecule has 0 spiro atoms. The maximum atomic E-state index is 11.7. The Balaban J connectivity index is 1.71. The minimum atomic E-state index is -0.584. The third-order valence-electron chi connectivity index (χ3n) is 6.14. The van der Waals surface area contributed by atoms with Gasteiger partial charge in [0.2, 0.25) is 0 Å². The van der Waals surface area contributed by atoms with Gasteiger partial charge in [0.15, 0.2) is 0 Å². The Hall–Kier alpha value is -2.91. The molecule has 0 radical (unpaired) electrons. The van der Waals surface area contributed by atoms with Crippen LogP contribution in [0.15, 0.2) is 109 Å². The van der Waals surface area contributed by atoms with Crippen LogP contribution in [-0.2, 0) is 6.54 Å². The van der Waals surface area contributed by atoms with E-state index in [9.17, 15) is 5.11 Å². The summed E-state index contributed by atoms with van der Waals surface area (Å²) < 4.78 is 0. The monoisotopic (exact) mass is 455 g/mol. The van der Waals surface area contributed by atoms with Gasteiger partial charge < -0.3 is 5.11 Å². The Bertz CT molecular complexity index is 1150. The first-order valence-electron chi connectivity index (χ1n) is 11.5. The standard InChI is InChI=1S/C30H30ClNO/c1-2-32(21-23-13-5-3-6-14-23)22-29(33)30(24-15-7-4-8-16-24)27-19-10-9-17-25(27)26-18-11-12-20-28(26)31/h3-20,29-30,33H,2,21-22H2,1H3/t29-,30?/m0/s1. The molecule has 168 valence electrons. The molecule has 33 heavy (non-hydrogen) atoms. The zero-order valence-electron chi connectivity index (χ0n) is 18.9. The predicted octanol–water partition coefficient (Wildman–Crippen LogP) is 7.02. The average molecular weight is 456 g/mol. The van der Waals surface area contributed by atoms with E-state index in [0.717, 1.165) is 35.3 Å². The summed E-state index contributed by atoms with van der Waals surface area (Å²) >= 11 is 6.59. The van der Waals surface area contributed by atoms with Gasteiger partial charge in [-0.2, -0.15) is 0 Å². The largest absolute Gasteiger partial charge is 0.391 e. The Morgan fingerprint density at radius 3 is 1.97 bits per heavy atom. The summed E-state index contributed by atoms with van der Waals surface area (Å²) in [4.78, 5) is 2.30. The summed E-state index contributed by atoms with van der Waals surface area (Å²) in [5.41, 5.74) is 5.47. The number of hydrogen-bond acceptors (Lipinski definition) is 2. The SMILES string of the molecule is CCN(Cc1ccccc1)C[C@H](O)C(c1ccccc1)c1ccccc1-c1ccccc1Cl. The highest BCUT2D eigenvalue weighted by Crippen LogP contribution is 2.38. The Morgan fingerprint density at radius 1 is 0.727 bits per heavy atom. The van der Waals surface area contributed by atoms with Crippen LogP contribution >= 0.6 is 11.6 Å². The maximum Gasteiger partial charge on any atom is 0.0776 e. The third kappa shape index (κ3) is 5.72. The predicted molar refractivity (Wildman–Crippen MR) is 139 cm³/mol. The van der Waals surface area contributed by atoms with Crippen LogP contribution in [0.25, 0.3) is 11.1 Å². The number of aliphatic hydroxyl groups excluding tert-OH is 1. The van der Waals surface area contributed by atoms with Crippen molar-refractivity contribution >= 4 is 11.6 Å². The molecule has 3 heteroatoms. The van der Waals surface area contributed by atoms with Crippen LogP contribution in [0.2, 0.25) is 5.02 Å². The van der Waals surface area contributed by atoms with Gasteiger partial charge in [-0.05, 0) is 34.9 Å². The van der Waals surface area contributed by atoms with Gasteiger partial charge in [0.25, 0.3) is 0 Å². The molecule has 0 fully saturated rings. The molecule has 0 aliphatic heterocycles. The van der Waals surface area contributed by atoms with E-state index in [-0.39, 0.29) is 5.92 Å². The smallest absolute Gasteiger partial charge is 0.0776 e. The van der Waals surface area contributed by atoms with E-state index in [0.29, 0.717) is 11.6 Å². The Kier molecular flexibility index (Phi) is 7.96. The highest BCUT2D eigenvalue weighted by Gasteiger charge is 2.27. The fourth-order valence-corrected chi connectivity index (χ4v) is 4.72. The first-order valence-corrected chi connectivity index (χ1v) is 11.9. The lowest BCUT2D eigenvalue weighted by molar-refractivity contribution is 0.0985. The van der Waals surface area contributed by atoms with E-state index in [2.05, 4.69) is 60.4 Å². The lowest BCUT2D eigenvalue weighted by Gasteiger charge is -2.31. The van der Waals surface area contributed by atoms with Gasteiger partial charge in [0.1, 0.15) is 0 Å². The topological polar surface area (TPSA) is 23.5 Å². The van der Waals surface area contributed by atoms with Crippen LogP contribution in [-0.4, -0.2) is 29.2 Å². The highest BCUT2D eigenvalue weighted by molar-refractivity contribution is 6.33. The lowest BCUT2D eigenvalue weighted by atomic mass is 9.82. The molecule has 1 unspecified atom stereocenters. The van der Waals surface area contributed by atoms with E-state index in [4.69, 9.17) is 11.6 Å². The van der Waals surface area contributed by atoms with Crippen molar-refractivity contribution in [2.45, 2.75) is 25.5 Å². The van der Waals surface area contributed by atoms with Crippen molar-refractivity contribution < 1.29 is 5.11 Å². The van der Waals surface area contributed by atoms with E-state index in [1.54, 1.807) is 0 Å². The van der Waals surface area contributed by atoms with Crippen LogP contribution in [0, 0.1) is 0 Å². The fraction of sp³-hybridized carbons (Fsp3) is 0.200. The number of halogens is 1. The third-order valence-corrected chi connectivity index (χ3v) is 6.47. The second-order valence-electron chi connectivity index (χ2n) is 8.34. The summed E-state index contributed by atoms with van der Waals surface area (Å²) in [5.74, 6) is -0.177. The Labute approximate surface area is 202 Å². The number of nitrogens with zero attached hydrogens (tertiary/aromatic N) is 1. The first-order chi connectivity index (χ1) is 16.2. The molecule has 0 heterocycles. The lowest BCUT2D eigenvalue weighted by Crippen LogP contribution is -2.36. The van der Waals surface area contributed by atoms with E-state index >= 15 is 0 Å². The van der Waals surface area contributed by atoms with E-state index < -0.39 is 6.10 Å². The first kappa shape index (κ1) is 23.3. The summed E-state index contributed by atoms with van der Waals surface area (Å²) in [5, 5.41) is 12.4. The molecule has 0 saturated carbocycles. The van der Waals surface area contributed by atoms with Gasteiger partial charge in [0, 0.05) is 29.6 Å². The van der Waals surface area contributed by atoms with Gasteiger partial charge in [-0.15, -0.1) is 0 Å². The molecule has 0 aliphatic carbocycles. The molecule has 4 rings (SSSR count).